The highest BCUT2D eigenvalue weighted by molar-refractivity contribution is 8.01. The summed E-state index contributed by atoms with van der Waals surface area (Å²) in [5.41, 5.74) is 0.000247. The SMILES string of the molecule is COc1nc(N2Sc3ccccc3N(Cc3c(F)cc(F)cc3F)C2=O)ccc1O. The van der Waals surface area contributed by atoms with Crippen LogP contribution in [-0.4, -0.2) is 23.2 Å². The summed E-state index contributed by atoms with van der Waals surface area (Å²) in [6.07, 6.45) is 0. The summed E-state index contributed by atoms with van der Waals surface area (Å²) in [6, 6.07) is 10.1. The number of amides is 2. The number of pyridine rings is 1. The highest BCUT2D eigenvalue weighted by Gasteiger charge is 2.34. The predicted molar refractivity (Wildman–Crippen MR) is 105 cm³/mol. The zero-order valence-electron chi connectivity index (χ0n) is 15.5. The van der Waals surface area contributed by atoms with Gasteiger partial charge in [0, 0.05) is 29.6 Å². The lowest BCUT2D eigenvalue weighted by molar-refractivity contribution is 0.254. The van der Waals surface area contributed by atoms with Gasteiger partial charge in [-0.2, -0.15) is 4.98 Å². The first-order valence-electron chi connectivity index (χ1n) is 8.65. The number of carbonyl (C=O) groups excluding carboxylic acids is 1. The number of hydrogen-bond donors (Lipinski definition) is 1. The number of ether oxygens (including phenoxy) is 1. The van der Waals surface area contributed by atoms with Gasteiger partial charge >= 0.3 is 6.03 Å². The molecule has 0 fully saturated rings. The van der Waals surface area contributed by atoms with Crippen molar-refractivity contribution in [1.82, 2.24) is 4.98 Å². The van der Waals surface area contributed by atoms with Gasteiger partial charge in [-0.15, -0.1) is 0 Å². The zero-order chi connectivity index (χ0) is 21.4. The molecule has 0 radical (unpaired) electrons. The van der Waals surface area contributed by atoms with Crippen LogP contribution in [0, 0.1) is 17.5 Å². The number of benzene rings is 2. The average Bonchev–Trinajstić information content (AvgIpc) is 2.72. The van der Waals surface area contributed by atoms with Gasteiger partial charge in [-0.05, 0) is 24.3 Å². The highest BCUT2D eigenvalue weighted by Crippen LogP contribution is 2.42. The number of hydrogen-bond acceptors (Lipinski definition) is 5. The van der Waals surface area contributed by atoms with Gasteiger partial charge in [0.2, 0.25) is 0 Å². The third-order valence-electron chi connectivity index (χ3n) is 4.40. The number of para-hydroxylation sites is 1. The maximum absolute atomic E-state index is 14.2. The fraction of sp³-hybridized carbons (Fsp3) is 0.100. The molecular weight excluding hydrogens is 419 g/mol. The number of anilines is 2. The molecule has 0 saturated heterocycles. The van der Waals surface area contributed by atoms with Crippen LogP contribution < -0.4 is 13.9 Å². The largest absolute Gasteiger partial charge is 0.503 e. The van der Waals surface area contributed by atoms with Crippen molar-refractivity contribution in [3.63, 3.8) is 0 Å². The van der Waals surface area contributed by atoms with E-state index in [0.29, 0.717) is 22.7 Å². The van der Waals surface area contributed by atoms with Gasteiger partial charge < -0.3 is 9.84 Å². The molecule has 0 bridgehead atoms. The van der Waals surface area contributed by atoms with Crippen LogP contribution in [0.2, 0.25) is 0 Å². The Balaban J connectivity index is 1.77. The van der Waals surface area contributed by atoms with Crippen molar-refractivity contribution in [2.75, 3.05) is 16.3 Å². The summed E-state index contributed by atoms with van der Waals surface area (Å²) in [5.74, 6) is -3.36. The lowest BCUT2D eigenvalue weighted by Gasteiger charge is -2.35. The number of rotatable bonds is 4. The fourth-order valence-electron chi connectivity index (χ4n) is 2.97. The van der Waals surface area contributed by atoms with E-state index in [0.717, 1.165) is 11.9 Å². The Morgan fingerprint density at radius 3 is 2.50 bits per heavy atom. The van der Waals surface area contributed by atoms with Crippen molar-refractivity contribution in [2.24, 2.45) is 0 Å². The van der Waals surface area contributed by atoms with E-state index in [1.807, 2.05) is 0 Å². The molecule has 0 spiro atoms. The Kier molecular flexibility index (Phi) is 5.17. The van der Waals surface area contributed by atoms with Crippen LogP contribution in [0.3, 0.4) is 0 Å². The van der Waals surface area contributed by atoms with Crippen LogP contribution in [0.25, 0.3) is 0 Å². The molecule has 10 heteroatoms. The normalized spacial score (nSPS) is 13.4. The monoisotopic (exact) mass is 433 g/mol. The molecule has 1 N–H and O–H groups in total. The molecular formula is C20H14F3N3O3S. The van der Waals surface area contributed by atoms with Crippen LogP contribution >= 0.6 is 11.9 Å². The van der Waals surface area contributed by atoms with Crippen molar-refractivity contribution in [3.8, 4) is 11.6 Å². The summed E-state index contributed by atoms with van der Waals surface area (Å²) < 4.78 is 48.0. The van der Waals surface area contributed by atoms with Gasteiger partial charge in [0.25, 0.3) is 5.88 Å². The number of aromatic nitrogens is 1. The van der Waals surface area contributed by atoms with Crippen LogP contribution in [0.5, 0.6) is 11.6 Å². The first-order valence-corrected chi connectivity index (χ1v) is 9.42. The third-order valence-corrected chi connectivity index (χ3v) is 5.47. The minimum Gasteiger partial charge on any atom is -0.503 e. The number of methoxy groups -OCH3 is 1. The Hall–Kier alpha value is -3.40. The van der Waals surface area contributed by atoms with Gasteiger partial charge in [0.1, 0.15) is 17.5 Å². The molecule has 0 atom stereocenters. The zero-order valence-corrected chi connectivity index (χ0v) is 16.3. The molecule has 6 nitrogen and oxygen atoms in total. The maximum Gasteiger partial charge on any atom is 0.341 e. The van der Waals surface area contributed by atoms with Gasteiger partial charge in [-0.25, -0.2) is 22.3 Å². The summed E-state index contributed by atoms with van der Waals surface area (Å²) >= 11 is 1.06. The topological polar surface area (TPSA) is 65.9 Å². The molecule has 2 amide bonds. The second-order valence-corrected chi connectivity index (χ2v) is 7.26. The second-order valence-electron chi connectivity index (χ2n) is 6.27. The van der Waals surface area contributed by atoms with E-state index in [-0.39, 0.29) is 17.4 Å². The molecule has 0 saturated carbocycles. The quantitative estimate of drug-likeness (QED) is 0.595. The Morgan fingerprint density at radius 1 is 1.10 bits per heavy atom. The van der Waals surface area contributed by atoms with Crippen molar-refractivity contribution >= 4 is 29.5 Å². The van der Waals surface area contributed by atoms with E-state index in [2.05, 4.69) is 4.98 Å². The highest BCUT2D eigenvalue weighted by atomic mass is 32.2. The van der Waals surface area contributed by atoms with Crippen LogP contribution in [0.15, 0.2) is 53.4 Å². The molecule has 0 unspecified atom stereocenters. The average molecular weight is 433 g/mol. The number of fused-ring (bicyclic) bond motifs is 1. The standard InChI is InChI=1S/C20H14F3N3O3S/c1-29-19-16(27)6-7-18(24-19)26-20(28)25(15-4-2-3-5-17(15)30-26)10-12-13(22)8-11(21)9-14(12)23/h2-9,27H,10H2,1H3. The van der Waals surface area contributed by atoms with Crippen molar-refractivity contribution < 1.29 is 27.8 Å². The maximum atomic E-state index is 14.2. The number of nitrogens with zero attached hydrogens (tertiary/aromatic N) is 3. The first kappa shape index (κ1) is 19.9. The molecule has 30 heavy (non-hydrogen) atoms. The van der Waals surface area contributed by atoms with E-state index in [9.17, 15) is 23.1 Å². The van der Waals surface area contributed by atoms with Gasteiger partial charge in [-0.1, -0.05) is 12.1 Å². The summed E-state index contributed by atoms with van der Waals surface area (Å²) in [5, 5.41) is 9.77. The number of aromatic hydroxyl groups is 1. The first-order chi connectivity index (χ1) is 14.4. The summed E-state index contributed by atoms with van der Waals surface area (Å²) in [6.45, 7) is -0.458. The predicted octanol–water partition coefficient (Wildman–Crippen LogP) is 4.87. The molecule has 2 heterocycles. The number of carbonyl (C=O) groups is 1. The van der Waals surface area contributed by atoms with Crippen molar-refractivity contribution in [3.05, 3.63) is 71.5 Å². The van der Waals surface area contributed by atoms with Gasteiger partial charge in [0.05, 0.1) is 24.2 Å². The number of urea groups is 1. The van der Waals surface area contributed by atoms with E-state index < -0.39 is 35.6 Å². The van der Waals surface area contributed by atoms with E-state index in [4.69, 9.17) is 4.74 Å². The van der Waals surface area contributed by atoms with E-state index in [1.165, 1.54) is 28.4 Å². The van der Waals surface area contributed by atoms with E-state index >= 15 is 0 Å². The smallest absolute Gasteiger partial charge is 0.341 e. The summed E-state index contributed by atoms with van der Waals surface area (Å²) in [4.78, 5) is 19.2. The fourth-order valence-corrected chi connectivity index (χ4v) is 3.95. The van der Waals surface area contributed by atoms with Crippen molar-refractivity contribution in [1.29, 1.82) is 0 Å². The van der Waals surface area contributed by atoms with Crippen LogP contribution in [0.1, 0.15) is 5.56 Å². The number of halogens is 3. The molecule has 154 valence electrons. The molecule has 1 aromatic heterocycles. The minimum absolute atomic E-state index is 0.0815. The van der Waals surface area contributed by atoms with Crippen LogP contribution in [-0.2, 0) is 6.54 Å². The Labute approximate surface area is 173 Å². The molecule has 1 aliphatic heterocycles. The minimum atomic E-state index is -1.09. The summed E-state index contributed by atoms with van der Waals surface area (Å²) in [7, 11) is 1.32. The lowest BCUT2D eigenvalue weighted by atomic mass is 10.1. The molecule has 0 aliphatic carbocycles. The molecule has 4 rings (SSSR count). The molecule has 3 aromatic rings. The van der Waals surface area contributed by atoms with E-state index in [1.54, 1.807) is 24.3 Å². The van der Waals surface area contributed by atoms with Crippen LogP contribution in [0.4, 0.5) is 29.5 Å². The molecule has 1 aliphatic rings. The third kappa shape index (κ3) is 3.50. The van der Waals surface area contributed by atoms with Gasteiger partial charge in [0.15, 0.2) is 11.6 Å². The second kappa shape index (κ2) is 7.79. The van der Waals surface area contributed by atoms with Gasteiger partial charge in [-0.3, -0.25) is 4.90 Å². The lowest BCUT2D eigenvalue weighted by Crippen LogP contribution is -2.43. The van der Waals surface area contributed by atoms with Crippen molar-refractivity contribution in [2.45, 2.75) is 11.4 Å². The Bertz CT molecular complexity index is 1120. The molecule has 2 aromatic carbocycles. The Morgan fingerprint density at radius 2 is 1.80 bits per heavy atom.